The smallest absolute Gasteiger partial charge is 0.412 e. The monoisotopic (exact) mass is 523 g/mol. The lowest BCUT2D eigenvalue weighted by atomic mass is 9.75. The van der Waals surface area contributed by atoms with Gasteiger partial charge in [-0.15, -0.1) is 0 Å². The summed E-state index contributed by atoms with van der Waals surface area (Å²) in [7, 11) is 0. The molecule has 1 aliphatic rings. The summed E-state index contributed by atoms with van der Waals surface area (Å²) in [5, 5.41) is 14.1. The Bertz CT molecular complexity index is 1270. The second-order valence-corrected chi connectivity index (χ2v) is 8.69. The van der Waals surface area contributed by atoms with Gasteiger partial charge in [-0.1, -0.05) is 30.3 Å². The maximum Gasteiger partial charge on any atom is 0.412 e. The molecule has 0 spiro atoms. The Hall–Kier alpha value is -4.54. The van der Waals surface area contributed by atoms with Crippen LogP contribution in [-0.4, -0.2) is 48.0 Å². The van der Waals surface area contributed by atoms with Crippen molar-refractivity contribution in [2.75, 3.05) is 18.5 Å². The first-order valence-electron chi connectivity index (χ1n) is 12.0. The summed E-state index contributed by atoms with van der Waals surface area (Å²) >= 11 is 0. The number of amides is 1. The van der Waals surface area contributed by atoms with Gasteiger partial charge in [-0.05, 0) is 45.4 Å². The average Bonchev–Trinajstić information content (AvgIpc) is 2.87. The van der Waals surface area contributed by atoms with Crippen LogP contribution >= 0.6 is 0 Å². The summed E-state index contributed by atoms with van der Waals surface area (Å²) in [6.45, 7) is 6.18. The minimum absolute atomic E-state index is 0.0242. The van der Waals surface area contributed by atoms with Crippen molar-refractivity contribution in [3.8, 4) is 0 Å². The van der Waals surface area contributed by atoms with E-state index in [1.807, 2.05) is 0 Å². The molecule has 3 rings (SSSR count). The number of rotatable bonds is 9. The van der Waals surface area contributed by atoms with Crippen LogP contribution < -0.4 is 5.32 Å². The Morgan fingerprint density at radius 3 is 2.42 bits per heavy atom. The summed E-state index contributed by atoms with van der Waals surface area (Å²) in [4.78, 5) is 54.3. The minimum Gasteiger partial charge on any atom is -0.463 e. The van der Waals surface area contributed by atoms with Crippen molar-refractivity contribution in [2.24, 2.45) is 10.9 Å². The van der Waals surface area contributed by atoms with Crippen LogP contribution in [0.3, 0.4) is 0 Å². The van der Waals surface area contributed by atoms with Crippen LogP contribution in [0.1, 0.15) is 39.2 Å². The number of nitrogens with zero attached hydrogens (tertiary/aromatic N) is 2. The van der Waals surface area contributed by atoms with Gasteiger partial charge >= 0.3 is 18.0 Å². The van der Waals surface area contributed by atoms with E-state index < -0.39 is 47.5 Å². The Labute approximate surface area is 219 Å². The number of esters is 2. The van der Waals surface area contributed by atoms with Crippen molar-refractivity contribution in [1.29, 1.82) is 0 Å². The third-order valence-electron chi connectivity index (χ3n) is 5.62. The molecule has 11 nitrogen and oxygen atoms in total. The van der Waals surface area contributed by atoms with E-state index >= 15 is 0 Å². The van der Waals surface area contributed by atoms with Crippen molar-refractivity contribution in [1.82, 2.24) is 0 Å². The molecule has 1 heterocycles. The number of nitrogens with one attached hydrogen (secondary N) is 1. The number of carbonyl (C=O) groups is 3. The van der Waals surface area contributed by atoms with Gasteiger partial charge in [-0.3, -0.25) is 25.2 Å². The molecule has 0 fully saturated rings. The lowest BCUT2D eigenvalue weighted by Crippen LogP contribution is -2.38. The average molecular weight is 524 g/mol. The number of nitro groups is 1. The highest BCUT2D eigenvalue weighted by Crippen LogP contribution is 2.41. The van der Waals surface area contributed by atoms with Crippen LogP contribution in [0.4, 0.5) is 16.2 Å². The first kappa shape index (κ1) is 28.0. The largest absolute Gasteiger partial charge is 0.463 e. The molecule has 0 saturated carbocycles. The Morgan fingerprint density at radius 2 is 1.79 bits per heavy atom. The highest BCUT2D eigenvalue weighted by Gasteiger charge is 2.44. The molecule has 0 radical (unpaired) electrons. The molecule has 0 aromatic heterocycles. The van der Waals surface area contributed by atoms with Gasteiger partial charge in [0.15, 0.2) is 0 Å². The lowest BCUT2D eigenvalue weighted by Gasteiger charge is -2.32. The van der Waals surface area contributed by atoms with E-state index in [1.54, 1.807) is 64.1 Å². The first-order valence-corrected chi connectivity index (χ1v) is 12.0. The molecule has 0 saturated heterocycles. The molecule has 38 heavy (non-hydrogen) atoms. The quantitative estimate of drug-likeness (QED) is 0.214. The van der Waals surface area contributed by atoms with Crippen molar-refractivity contribution in [3.63, 3.8) is 0 Å². The van der Waals surface area contributed by atoms with Gasteiger partial charge in [-0.25, -0.2) is 9.59 Å². The fourth-order valence-electron chi connectivity index (χ4n) is 4.11. The highest BCUT2D eigenvalue weighted by molar-refractivity contribution is 6.07. The van der Waals surface area contributed by atoms with E-state index in [0.29, 0.717) is 17.0 Å². The minimum atomic E-state index is -1.07. The molecule has 200 valence electrons. The normalized spacial score (nSPS) is 16.9. The fourth-order valence-corrected chi connectivity index (χ4v) is 4.11. The predicted octanol–water partition coefficient (Wildman–Crippen LogP) is 4.79. The van der Waals surface area contributed by atoms with Gasteiger partial charge < -0.3 is 14.2 Å². The molecule has 2 aromatic rings. The SMILES string of the molecule is CCOC(=O)C1=C(COC(=O)Nc2ccccc2)N=C(C)C(C(=O)OC(C)C)C1c1cccc([N+](=O)[O-])c1. The van der Waals surface area contributed by atoms with Crippen LogP contribution in [0, 0.1) is 16.0 Å². The topological polar surface area (TPSA) is 146 Å². The molecular formula is C27H29N3O8. The number of anilines is 1. The number of carbonyl (C=O) groups excluding carboxylic acids is 3. The fraction of sp³-hybridized carbons (Fsp3) is 0.333. The van der Waals surface area contributed by atoms with E-state index in [2.05, 4.69) is 10.3 Å². The Morgan fingerprint density at radius 1 is 1.08 bits per heavy atom. The number of non-ortho nitro benzene ring substituents is 1. The number of hydrogen-bond donors (Lipinski definition) is 1. The van der Waals surface area contributed by atoms with E-state index in [1.165, 1.54) is 18.2 Å². The maximum atomic E-state index is 13.3. The van der Waals surface area contributed by atoms with Crippen LogP contribution in [0.25, 0.3) is 0 Å². The molecule has 1 aliphatic heterocycles. The molecule has 11 heteroatoms. The van der Waals surface area contributed by atoms with Crippen LogP contribution in [0.15, 0.2) is 70.9 Å². The summed E-state index contributed by atoms with van der Waals surface area (Å²) in [5.41, 5.74) is 0.912. The van der Waals surface area contributed by atoms with E-state index in [9.17, 15) is 24.5 Å². The zero-order valence-corrected chi connectivity index (χ0v) is 21.5. The Kier molecular flexibility index (Phi) is 9.31. The van der Waals surface area contributed by atoms with Gasteiger partial charge in [0.2, 0.25) is 0 Å². The number of aliphatic imine (C=N–C) groups is 1. The van der Waals surface area contributed by atoms with E-state index in [0.717, 1.165) is 0 Å². The zero-order chi connectivity index (χ0) is 27.8. The van der Waals surface area contributed by atoms with Crippen molar-refractivity contribution in [3.05, 3.63) is 81.5 Å². The van der Waals surface area contributed by atoms with E-state index in [-0.39, 0.29) is 23.6 Å². The van der Waals surface area contributed by atoms with Gasteiger partial charge in [0, 0.05) is 29.4 Å². The molecule has 0 bridgehead atoms. The van der Waals surface area contributed by atoms with Gasteiger partial charge in [0.25, 0.3) is 5.69 Å². The van der Waals surface area contributed by atoms with Crippen molar-refractivity contribution >= 4 is 35.1 Å². The maximum absolute atomic E-state index is 13.3. The predicted molar refractivity (Wildman–Crippen MR) is 139 cm³/mol. The third-order valence-corrected chi connectivity index (χ3v) is 5.62. The van der Waals surface area contributed by atoms with Crippen LogP contribution in [0.5, 0.6) is 0 Å². The second-order valence-electron chi connectivity index (χ2n) is 8.69. The molecule has 2 atom stereocenters. The van der Waals surface area contributed by atoms with Crippen molar-refractivity contribution in [2.45, 2.75) is 39.7 Å². The van der Waals surface area contributed by atoms with Crippen LogP contribution in [-0.2, 0) is 23.8 Å². The van der Waals surface area contributed by atoms with E-state index in [4.69, 9.17) is 14.2 Å². The zero-order valence-electron chi connectivity index (χ0n) is 21.5. The third kappa shape index (κ3) is 6.81. The number of para-hydroxylation sites is 1. The molecule has 0 aliphatic carbocycles. The van der Waals surface area contributed by atoms with Gasteiger partial charge in [0.1, 0.15) is 12.5 Å². The summed E-state index contributed by atoms with van der Waals surface area (Å²) < 4.78 is 16.1. The molecule has 2 unspecified atom stereocenters. The number of benzene rings is 2. The summed E-state index contributed by atoms with van der Waals surface area (Å²) in [6, 6.07) is 14.3. The summed E-state index contributed by atoms with van der Waals surface area (Å²) in [5.74, 6) is -3.54. The number of nitro benzene ring substituents is 1. The van der Waals surface area contributed by atoms with Gasteiger partial charge in [-0.2, -0.15) is 0 Å². The number of ether oxygens (including phenoxy) is 3. The molecular weight excluding hydrogens is 494 g/mol. The highest BCUT2D eigenvalue weighted by atomic mass is 16.6. The summed E-state index contributed by atoms with van der Waals surface area (Å²) in [6.07, 6.45) is -1.24. The van der Waals surface area contributed by atoms with Gasteiger partial charge in [0.05, 0.1) is 28.9 Å². The number of hydrogen-bond acceptors (Lipinski definition) is 9. The van der Waals surface area contributed by atoms with Crippen molar-refractivity contribution < 1.29 is 33.5 Å². The Balaban J connectivity index is 2.08. The van der Waals surface area contributed by atoms with Crippen LogP contribution in [0.2, 0.25) is 0 Å². The second kappa shape index (κ2) is 12.6. The molecule has 2 aromatic carbocycles. The molecule has 1 amide bonds. The standard InChI is InChI=1S/C27H29N3O8/c1-5-36-25(31)24-21(15-37-27(33)29-19-11-7-6-8-12-19)28-17(4)22(26(32)38-16(2)3)23(24)18-10-9-13-20(14-18)30(34)35/h6-14,16,22-23H,5,15H2,1-4H3,(H,29,33). The first-order chi connectivity index (χ1) is 18.1. The molecule has 1 N–H and O–H groups in total. The lowest BCUT2D eigenvalue weighted by molar-refractivity contribution is -0.384.